The largest absolute Gasteiger partial charge is 0.397 e. The molecule has 13 heteroatoms. The zero-order chi connectivity index (χ0) is 19.7. The Hall–Kier alpha value is -3.90. The van der Waals surface area contributed by atoms with Crippen LogP contribution < -0.4 is 5.73 Å². The van der Waals surface area contributed by atoms with Crippen molar-refractivity contribution in [2.75, 3.05) is 5.73 Å². The molecule has 9 nitrogen and oxygen atoms in total. The second kappa shape index (κ2) is 5.31. The van der Waals surface area contributed by atoms with Gasteiger partial charge in [0.05, 0.1) is 11.2 Å². The molecule has 28 heavy (non-hydrogen) atoms. The van der Waals surface area contributed by atoms with Gasteiger partial charge in [-0.1, -0.05) is 0 Å². The lowest BCUT2D eigenvalue weighted by molar-refractivity contribution is 0.458. The number of nitrogen functional groups attached to an aromatic ring is 1. The predicted octanol–water partition coefficient (Wildman–Crippen LogP) is 1.91. The lowest BCUT2D eigenvalue weighted by Crippen LogP contribution is -2.06. The smallest absolute Gasteiger partial charge is 0.270 e. The summed E-state index contributed by atoms with van der Waals surface area (Å²) in [6.07, 6.45) is 0. The summed E-state index contributed by atoms with van der Waals surface area (Å²) in [5.41, 5.74) is 5.89. The Bertz CT molecular complexity index is 1380. The summed E-state index contributed by atoms with van der Waals surface area (Å²) < 4.78 is 53.6. The molecule has 0 saturated heterocycles. The van der Waals surface area contributed by atoms with Crippen LogP contribution in [0.15, 0.2) is 0 Å². The Balaban J connectivity index is 2.01. The standard InChI is InChI=1S/C15H5F4N9/c1-2-3(20)5-7(24-15-13(22-5)26-9(17)11(19)28-15)6-4(2)21-12-14(23-6)27-10(18)8(16)25-12/h20H2,1H3. The Morgan fingerprint density at radius 2 is 0.821 bits per heavy atom. The fourth-order valence-electron chi connectivity index (χ4n) is 2.78. The summed E-state index contributed by atoms with van der Waals surface area (Å²) in [6, 6.07) is 0. The third-order valence-electron chi connectivity index (χ3n) is 4.11. The molecule has 4 heterocycles. The van der Waals surface area contributed by atoms with Crippen LogP contribution in [-0.2, 0) is 0 Å². The quantitative estimate of drug-likeness (QED) is 0.183. The van der Waals surface area contributed by atoms with E-state index in [9.17, 15) is 17.6 Å². The van der Waals surface area contributed by atoms with Crippen molar-refractivity contribution in [2.45, 2.75) is 6.92 Å². The van der Waals surface area contributed by atoms with Crippen LogP contribution in [0.1, 0.15) is 5.56 Å². The maximum atomic E-state index is 13.4. The number of anilines is 1. The van der Waals surface area contributed by atoms with E-state index in [4.69, 9.17) is 5.73 Å². The minimum absolute atomic E-state index is 0.0341. The van der Waals surface area contributed by atoms with Gasteiger partial charge in [-0.05, 0) is 6.92 Å². The SMILES string of the molecule is Cc1c(N)c2nc3nc(F)c(F)nc3nc2c2nc3nc(F)c(F)nc3nc12. The van der Waals surface area contributed by atoms with E-state index in [-0.39, 0.29) is 50.3 Å². The number of nitrogens with zero attached hydrogens (tertiary/aromatic N) is 8. The van der Waals surface area contributed by atoms with Gasteiger partial charge < -0.3 is 5.73 Å². The van der Waals surface area contributed by atoms with Gasteiger partial charge in [-0.15, -0.1) is 0 Å². The Kier molecular flexibility index (Phi) is 3.09. The highest BCUT2D eigenvalue weighted by Crippen LogP contribution is 2.31. The molecule has 4 aromatic heterocycles. The van der Waals surface area contributed by atoms with Gasteiger partial charge in [0.2, 0.25) is 22.6 Å². The molecule has 0 aliphatic heterocycles. The first-order valence-corrected chi connectivity index (χ1v) is 7.62. The number of benzene rings is 1. The molecule has 0 aliphatic carbocycles. The molecule has 0 aliphatic rings. The van der Waals surface area contributed by atoms with Crippen LogP contribution in [0.3, 0.4) is 0 Å². The van der Waals surface area contributed by atoms with E-state index in [2.05, 4.69) is 39.9 Å². The fourth-order valence-corrected chi connectivity index (χ4v) is 2.78. The summed E-state index contributed by atoms with van der Waals surface area (Å²) >= 11 is 0. The maximum Gasteiger partial charge on any atom is 0.270 e. The fraction of sp³-hybridized carbons (Fsp3) is 0.0667. The topological polar surface area (TPSA) is 129 Å². The lowest BCUT2D eigenvalue weighted by Gasteiger charge is -2.10. The van der Waals surface area contributed by atoms with Crippen LogP contribution in [0.5, 0.6) is 0 Å². The average Bonchev–Trinajstić information content (AvgIpc) is 2.66. The van der Waals surface area contributed by atoms with Crippen molar-refractivity contribution in [1.29, 1.82) is 0 Å². The van der Waals surface area contributed by atoms with Crippen LogP contribution in [0, 0.1) is 30.7 Å². The molecular weight excluding hydrogens is 382 g/mol. The van der Waals surface area contributed by atoms with Gasteiger partial charge >= 0.3 is 0 Å². The number of halogens is 4. The monoisotopic (exact) mass is 387 g/mol. The molecule has 5 aromatic rings. The molecule has 0 atom stereocenters. The second-order valence-electron chi connectivity index (χ2n) is 5.79. The van der Waals surface area contributed by atoms with Gasteiger partial charge in [0.1, 0.15) is 16.6 Å². The zero-order valence-corrected chi connectivity index (χ0v) is 13.7. The van der Waals surface area contributed by atoms with E-state index < -0.39 is 23.8 Å². The van der Waals surface area contributed by atoms with Crippen LogP contribution in [0.4, 0.5) is 23.2 Å². The third kappa shape index (κ3) is 2.12. The van der Waals surface area contributed by atoms with Crippen LogP contribution in [-0.4, -0.2) is 39.9 Å². The summed E-state index contributed by atoms with van der Waals surface area (Å²) in [7, 11) is 0. The first kappa shape index (κ1) is 16.3. The Morgan fingerprint density at radius 3 is 1.25 bits per heavy atom. The van der Waals surface area contributed by atoms with Gasteiger partial charge in [-0.3, -0.25) is 0 Å². The highest BCUT2D eigenvalue weighted by molar-refractivity contribution is 6.10. The van der Waals surface area contributed by atoms with Gasteiger partial charge in [0, 0.05) is 5.56 Å². The van der Waals surface area contributed by atoms with Gasteiger partial charge in [-0.25, -0.2) is 19.9 Å². The van der Waals surface area contributed by atoms with Crippen molar-refractivity contribution < 1.29 is 17.6 Å². The van der Waals surface area contributed by atoms with Crippen LogP contribution >= 0.6 is 0 Å². The molecular formula is C15H5F4N9. The molecule has 5 rings (SSSR count). The molecule has 0 saturated carbocycles. The number of rotatable bonds is 0. The number of hydrogen-bond donors (Lipinski definition) is 1. The molecule has 1 aromatic carbocycles. The number of aromatic nitrogens is 8. The molecule has 0 amide bonds. The van der Waals surface area contributed by atoms with Gasteiger partial charge in [-0.2, -0.15) is 37.5 Å². The third-order valence-corrected chi connectivity index (χ3v) is 4.11. The normalized spacial score (nSPS) is 11.9. The van der Waals surface area contributed by atoms with Gasteiger partial charge in [0.15, 0.2) is 0 Å². The molecule has 0 radical (unpaired) electrons. The molecule has 0 spiro atoms. The Morgan fingerprint density at radius 1 is 0.500 bits per heavy atom. The maximum absolute atomic E-state index is 13.4. The van der Waals surface area contributed by atoms with Crippen molar-refractivity contribution >= 4 is 50.3 Å². The molecule has 0 bridgehead atoms. The van der Waals surface area contributed by atoms with E-state index in [0.717, 1.165) is 0 Å². The molecule has 0 fully saturated rings. The van der Waals surface area contributed by atoms with E-state index in [1.807, 2.05) is 0 Å². The molecule has 2 N–H and O–H groups in total. The summed E-state index contributed by atoms with van der Waals surface area (Å²) in [4.78, 5) is 30.0. The Labute approximate surface area is 150 Å². The molecule has 0 unspecified atom stereocenters. The van der Waals surface area contributed by atoms with E-state index in [1.54, 1.807) is 6.92 Å². The number of aryl methyl sites for hydroxylation is 1. The van der Waals surface area contributed by atoms with Crippen molar-refractivity contribution in [3.05, 3.63) is 29.4 Å². The number of nitrogens with two attached hydrogens (primary N) is 1. The number of fused-ring (bicyclic) bond motifs is 5. The van der Waals surface area contributed by atoms with E-state index in [0.29, 0.717) is 5.56 Å². The molecule has 138 valence electrons. The van der Waals surface area contributed by atoms with Gasteiger partial charge in [0.25, 0.3) is 23.8 Å². The minimum Gasteiger partial charge on any atom is -0.397 e. The highest BCUT2D eigenvalue weighted by atomic mass is 19.2. The summed E-state index contributed by atoms with van der Waals surface area (Å²) in [5, 5.41) is 0. The van der Waals surface area contributed by atoms with Crippen molar-refractivity contribution in [1.82, 2.24) is 39.9 Å². The lowest BCUT2D eigenvalue weighted by atomic mass is 10.1. The van der Waals surface area contributed by atoms with E-state index in [1.165, 1.54) is 0 Å². The van der Waals surface area contributed by atoms with Crippen LogP contribution in [0.2, 0.25) is 0 Å². The van der Waals surface area contributed by atoms with E-state index >= 15 is 0 Å². The van der Waals surface area contributed by atoms with Crippen molar-refractivity contribution in [3.63, 3.8) is 0 Å². The summed E-state index contributed by atoms with van der Waals surface area (Å²) in [6.45, 7) is 1.59. The first-order chi connectivity index (χ1) is 13.3. The second-order valence-corrected chi connectivity index (χ2v) is 5.79. The van der Waals surface area contributed by atoms with Crippen LogP contribution in [0.25, 0.3) is 44.7 Å². The first-order valence-electron chi connectivity index (χ1n) is 7.62. The highest BCUT2D eigenvalue weighted by Gasteiger charge is 2.20. The van der Waals surface area contributed by atoms with Crippen molar-refractivity contribution in [2.24, 2.45) is 0 Å². The summed E-state index contributed by atoms with van der Waals surface area (Å²) in [5.74, 6) is -5.76. The zero-order valence-electron chi connectivity index (χ0n) is 13.7. The van der Waals surface area contributed by atoms with Crippen molar-refractivity contribution in [3.8, 4) is 0 Å². The predicted molar refractivity (Wildman–Crippen MR) is 87.8 cm³/mol. The average molecular weight is 387 g/mol. The minimum atomic E-state index is -1.45. The number of hydrogen-bond acceptors (Lipinski definition) is 9.